The Bertz CT molecular complexity index is 46.8. The molecular weight excluding hydrogens is 103 g/mol. The zero-order valence-corrected chi connectivity index (χ0v) is 7.06. The maximum atomic E-state index is 3.85. The summed E-state index contributed by atoms with van der Waals surface area (Å²) in [7, 11) is 0. The van der Waals surface area contributed by atoms with Crippen molar-refractivity contribution in [1.82, 2.24) is 5.32 Å². The summed E-state index contributed by atoms with van der Waals surface area (Å²) < 4.78 is 0. The summed E-state index contributed by atoms with van der Waals surface area (Å²) >= 11 is 0. The second kappa shape index (κ2) is 4.27. The quantitative estimate of drug-likeness (QED) is 0.406. The molecule has 0 saturated carbocycles. The summed E-state index contributed by atoms with van der Waals surface area (Å²) in [6.07, 6.45) is 1.74. The van der Waals surface area contributed by atoms with Gasteiger partial charge in [-0.2, -0.15) is 0 Å². The topological polar surface area (TPSA) is 24.4 Å². The second-order valence-corrected chi connectivity index (χ2v) is 0.989. The molecule has 3 heteroatoms. The Labute approximate surface area is 79.8 Å². The van der Waals surface area contributed by atoms with Crippen LogP contribution in [0.4, 0.5) is 0 Å². The molecule has 1 aliphatic rings. The van der Waals surface area contributed by atoms with Crippen LogP contribution in [0.15, 0.2) is 4.99 Å². The Morgan fingerprint density at radius 1 is 1.67 bits per heavy atom. The first-order valence-corrected chi connectivity index (χ1v) is 1.72. The van der Waals surface area contributed by atoms with E-state index in [1.807, 2.05) is 0 Å². The molecular formula is C3H6KN2. The van der Waals surface area contributed by atoms with E-state index in [2.05, 4.69) is 10.3 Å². The van der Waals surface area contributed by atoms with E-state index in [9.17, 15) is 0 Å². The maximum Gasteiger partial charge on any atom is 0.0825 e. The van der Waals surface area contributed by atoms with E-state index in [1.54, 1.807) is 6.34 Å². The number of rotatable bonds is 0. The molecule has 0 aromatic rings. The number of hydrogen-bond donors (Lipinski definition) is 1. The first kappa shape index (κ1) is 7.11. The van der Waals surface area contributed by atoms with Crippen LogP contribution in [0.1, 0.15) is 0 Å². The van der Waals surface area contributed by atoms with Gasteiger partial charge >= 0.3 is 0 Å². The minimum atomic E-state index is 0. The Kier molecular flexibility index (Phi) is 5.06. The van der Waals surface area contributed by atoms with Gasteiger partial charge in [-0.15, -0.1) is 0 Å². The maximum absolute atomic E-state index is 3.85. The fraction of sp³-hybridized carbons (Fsp3) is 0.667. The van der Waals surface area contributed by atoms with E-state index in [0.717, 1.165) is 13.1 Å². The average molecular weight is 109 g/mol. The standard InChI is InChI=1S/C3H6N2.K/c1-2-5-3-4-1;/h3H,1-2H2,(H,4,5);. The predicted molar refractivity (Wildman–Crippen MR) is 27.1 cm³/mol. The van der Waals surface area contributed by atoms with Crippen molar-refractivity contribution in [3.05, 3.63) is 0 Å². The zero-order valence-electron chi connectivity index (χ0n) is 3.94. The van der Waals surface area contributed by atoms with Crippen molar-refractivity contribution in [3.63, 3.8) is 0 Å². The fourth-order valence-electron chi connectivity index (χ4n) is 0.323. The SMILES string of the molecule is C1=NCCN1.[K]. The molecule has 1 N–H and O–H groups in total. The molecule has 0 amide bonds. The van der Waals surface area contributed by atoms with Crippen molar-refractivity contribution in [2.24, 2.45) is 4.99 Å². The van der Waals surface area contributed by atoms with Crippen molar-refractivity contribution in [1.29, 1.82) is 0 Å². The molecule has 0 aromatic heterocycles. The Morgan fingerprint density at radius 3 is 2.67 bits per heavy atom. The van der Waals surface area contributed by atoms with Crippen LogP contribution in [0, 0.1) is 0 Å². The molecule has 0 aliphatic carbocycles. The molecule has 1 radical (unpaired) electrons. The third kappa shape index (κ3) is 2.31. The minimum absolute atomic E-state index is 0. The molecule has 0 aromatic carbocycles. The average Bonchev–Trinajstić information content (AvgIpc) is 1.76. The van der Waals surface area contributed by atoms with Gasteiger partial charge in [-0.05, 0) is 0 Å². The summed E-state index contributed by atoms with van der Waals surface area (Å²) in [6.45, 7) is 1.99. The molecule has 0 unspecified atom stereocenters. The van der Waals surface area contributed by atoms with Crippen LogP contribution in [0.3, 0.4) is 0 Å². The Hall–Kier alpha value is 1.11. The molecule has 1 aliphatic heterocycles. The van der Waals surface area contributed by atoms with Gasteiger partial charge in [-0.1, -0.05) is 0 Å². The molecule has 29 valence electrons. The third-order valence-corrected chi connectivity index (χ3v) is 0.568. The fourth-order valence-corrected chi connectivity index (χ4v) is 0.323. The number of nitrogens with zero attached hydrogens (tertiary/aromatic N) is 1. The van der Waals surface area contributed by atoms with Gasteiger partial charge in [0.2, 0.25) is 0 Å². The summed E-state index contributed by atoms with van der Waals surface area (Å²) in [5.74, 6) is 0. The molecule has 1 rings (SSSR count). The van der Waals surface area contributed by atoms with Crippen LogP contribution in [0.5, 0.6) is 0 Å². The van der Waals surface area contributed by atoms with Gasteiger partial charge in [0.15, 0.2) is 0 Å². The molecule has 0 saturated heterocycles. The molecule has 0 atom stereocenters. The predicted octanol–water partition coefficient (Wildman–Crippen LogP) is -0.763. The minimum Gasteiger partial charge on any atom is -0.375 e. The molecule has 0 fully saturated rings. The number of nitrogens with one attached hydrogen (secondary N) is 1. The van der Waals surface area contributed by atoms with Gasteiger partial charge < -0.3 is 5.32 Å². The summed E-state index contributed by atoms with van der Waals surface area (Å²) in [5, 5.41) is 2.93. The van der Waals surface area contributed by atoms with Crippen LogP contribution in [0.2, 0.25) is 0 Å². The van der Waals surface area contributed by atoms with Crippen molar-refractivity contribution in [3.8, 4) is 0 Å². The smallest absolute Gasteiger partial charge is 0.0825 e. The van der Waals surface area contributed by atoms with Crippen LogP contribution in [-0.2, 0) is 0 Å². The van der Waals surface area contributed by atoms with Crippen LogP contribution in [0.25, 0.3) is 0 Å². The number of aliphatic imine (C=N–C) groups is 1. The monoisotopic (exact) mass is 109 g/mol. The van der Waals surface area contributed by atoms with E-state index < -0.39 is 0 Å². The molecule has 2 nitrogen and oxygen atoms in total. The summed E-state index contributed by atoms with van der Waals surface area (Å²) in [6, 6.07) is 0. The van der Waals surface area contributed by atoms with Crippen molar-refractivity contribution in [2.45, 2.75) is 0 Å². The van der Waals surface area contributed by atoms with Crippen molar-refractivity contribution in [2.75, 3.05) is 13.1 Å². The van der Waals surface area contributed by atoms with E-state index in [-0.39, 0.29) is 51.4 Å². The van der Waals surface area contributed by atoms with E-state index in [1.165, 1.54) is 0 Å². The van der Waals surface area contributed by atoms with E-state index >= 15 is 0 Å². The Morgan fingerprint density at radius 2 is 2.50 bits per heavy atom. The summed E-state index contributed by atoms with van der Waals surface area (Å²) in [4.78, 5) is 3.85. The normalized spacial score (nSPS) is 16.0. The van der Waals surface area contributed by atoms with Gasteiger partial charge in [0.25, 0.3) is 0 Å². The van der Waals surface area contributed by atoms with Crippen LogP contribution >= 0.6 is 0 Å². The largest absolute Gasteiger partial charge is 0.375 e. The first-order chi connectivity index (χ1) is 2.50. The van der Waals surface area contributed by atoms with Crippen LogP contribution < -0.4 is 5.32 Å². The van der Waals surface area contributed by atoms with Crippen LogP contribution in [-0.4, -0.2) is 70.8 Å². The molecule has 6 heavy (non-hydrogen) atoms. The van der Waals surface area contributed by atoms with Gasteiger partial charge in [-0.3, -0.25) is 4.99 Å². The number of hydrogen-bond acceptors (Lipinski definition) is 2. The van der Waals surface area contributed by atoms with Gasteiger partial charge in [0.05, 0.1) is 12.9 Å². The van der Waals surface area contributed by atoms with Crippen molar-refractivity contribution >= 4 is 57.7 Å². The van der Waals surface area contributed by atoms with Gasteiger partial charge in [0.1, 0.15) is 0 Å². The Balaban J connectivity index is 0.000000250. The first-order valence-electron chi connectivity index (χ1n) is 1.72. The van der Waals surface area contributed by atoms with Gasteiger partial charge in [0, 0.05) is 57.9 Å². The van der Waals surface area contributed by atoms with Gasteiger partial charge in [-0.25, -0.2) is 0 Å². The zero-order chi connectivity index (χ0) is 3.54. The van der Waals surface area contributed by atoms with E-state index in [0.29, 0.717) is 0 Å². The summed E-state index contributed by atoms with van der Waals surface area (Å²) in [5.41, 5.74) is 0. The molecule has 1 heterocycles. The molecule has 0 spiro atoms. The molecule has 0 bridgehead atoms. The second-order valence-electron chi connectivity index (χ2n) is 0.989. The van der Waals surface area contributed by atoms with E-state index in [4.69, 9.17) is 0 Å². The third-order valence-electron chi connectivity index (χ3n) is 0.568. The van der Waals surface area contributed by atoms with Crippen molar-refractivity contribution < 1.29 is 0 Å².